The second-order valence-corrected chi connectivity index (χ2v) is 1.54. The van der Waals surface area contributed by atoms with Gasteiger partial charge < -0.3 is 14.7 Å². The summed E-state index contributed by atoms with van der Waals surface area (Å²) in [4.78, 5) is 21.6. The van der Waals surface area contributed by atoms with Gasteiger partial charge in [0.05, 0.1) is 0 Å². The maximum Gasteiger partial charge on any atom is 0 e. The Bertz CT molecular complexity index is 57.8. The zero-order valence-corrected chi connectivity index (χ0v) is 5.47. The van der Waals surface area contributed by atoms with Crippen LogP contribution in [0.25, 0.3) is 0 Å². The molecule has 0 aromatic carbocycles. The third kappa shape index (κ3) is 72.8. The van der Waals surface area contributed by atoms with Gasteiger partial charge in [-0.25, -0.2) is 4.57 Å². The van der Waals surface area contributed by atoms with Crippen molar-refractivity contribution in [1.82, 2.24) is 0 Å². The van der Waals surface area contributed by atoms with Crippen LogP contribution in [0.4, 0.5) is 0 Å². The first-order chi connectivity index (χ1) is 2.00. The Kier molecular flexibility index (Phi) is 13.9. The fourth-order valence-corrected chi connectivity index (χ4v) is 0. The monoisotopic (exact) mass is 167 g/mol. The molecule has 7 heavy (non-hydrogen) atoms. The van der Waals surface area contributed by atoms with Crippen molar-refractivity contribution < 1.29 is 45.1 Å². The molecule has 0 saturated carbocycles. The summed E-state index contributed by atoms with van der Waals surface area (Å²) in [5.41, 5.74) is 0. The van der Waals surface area contributed by atoms with Gasteiger partial charge in [0.2, 0.25) is 0 Å². The number of hydrogen-bond acceptors (Lipinski definition) is 1. The fourth-order valence-electron chi connectivity index (χ4n) is 0. The van der Waals surface area contributed by atoms with Crippen LogP contribution in [0.3, 0.4) is 0 Å². The Labute approximate surface area is 81.6 Å². The van der Waals surface area contributed by atoms with Gasteiger partial charge in [-0.05, 0) is 0 Å². The van der Waals surface area contributed by atoms with Gasteiger partial charge in [-0.2, -0.15) is 0 Å². The first-order valence-corrected chi connectivity index (χ1v) is 2.35. The van der Waals surface area contributed by atoms with Crippen LogP contribution in [0.2, 0.25) is 0 Å². The minimum Gasteiger partial charge on any atom is 0 e. The predicted octanol–water partition coefficient (Wildman–Crippen LogP) is -1.58. The van der Waals surface area contributed by atoms with Crippen LogP contribution >= 0.6 is 7.82 Å². The molecular formula is H4NaO4PSc. The summed E-state index contributed by atoms with van der Waals surface area (Å²) in [6.07, 6.45) is 0. The van der Waals surface area contributed by atoms with Crippen molar-refractivity contribution in [2.45, 2.75) is 0 Å². The molecule has 0 bridgehead atoms. The summed E-state index contributed by atoms with van der Waals surface area (Å²) < 4.78 is 8.88. The summed E-state index contributed by atoms with van der Waals surface area (Å²) in [5.74, 6) is 0. The first kappa shape index (κ1) is 16.0. The summed E-state index contributed by atoms with van der Waals surface area (Å²) in [7, 11) is -4.64. The van der Waals surface area contributed by atoms with Crippen molar-refractivity contribution in [3.05, 3.63) is 0 Å². The molecule has 0 amide bonds. The molecule has 0 aliphatic rings. The summed E-state index contributed by atoms with van der Waals surface area (Å²) >= 11 is 0. The molecule has 4 nitrogen and oxygen atoms in total. The second kappa shape index (κ2) is 6.11. The maximum absolute atomic E-state index is 8.88. The van der Waals surface area contributed by atoms with Crippen LogP contribution in [0.15, 0.2) is 0 Å². The van der Waals surface area contributed by atoms with E-state index in [-0.39, 0.29) is 55.4 Å². The Morgan fingerprint density at radius 1 is 1.14 bits per heavy atom. The van der Waals surface area contributed by atoms with Gasteiger partial charge in [-0.3, -0.25) is 0 Å². The molecule has 1 radical (unpaired) electrons. The zero-order chi connectivity index (χ0) is 4.50. The maximum atomic E-state index is 8.88. The van der Waals surface area contributed by atoms with Crippen molar-refractivity contribution >= 4 is 37.4 Å². The van der Waals surface area contributed by atoms with Crippen molar-refractivity contribution in [2.75, 3.05) is 0 Å². The Balaban J connectivity index is -0.0000000800. The number of hydrogen-bond donors (Lipinski definition) is 3. The van der Waals surface area contributed by atoms with Crippen LogP contribution in [0.1, 0.15) is 0 Å². The predicted molar refractivity (Wildman–Crippen MR) is 21.4 cm³/mol. The molecule has 0 heterocycles. The van der Waals surface area contributed by atoms with Crippen LogP contribution in [0.5, 0.6) is 0 Å². The van der Waals surface area contributed by atoms with Gasteiger partial charge in [0, 0.05) is 25.8 Å². The van der Waals surface area contributed by atoms with Gasteiger partial charge in [-0.15, -0.1) is 0 Å². The van der Waals surface area contributed by atoms with Crippen LogP contribution in [0, 0.1) is 0 Å². The van der Waals surface area contributed by atoms with Gasteiger partial charge in [0.15, 0.2) is 0 Å². The molecule has 0 rings (SSSR count). The average molecular weight is 167 g/mol. The van der Waals surface area contributed by atoms with E-state index >= 15 is 0 Å². The van der Waals surface area contributed by atoms with Crippen LogP contribution in [-0.2, 0) is 30.4 Å². The molecule has 0 fully saturated rings. The van der Waals surface area contributed by atoms with E-state index in [1.165, 1.54) is 0 Å². The zero-order valence-electron chi connectivity index (χ0n) is 2.77. The Morgan fingerprint density at radius 2 is 1.14 bits per heavy atom. The molecule has 7 heteroatoms. The van der Waals surface area contributed by atoms with E-state index in [9.17, 15) is 0 Å². The summed E-state index contributed by atoms with van der Waals surface area (Å²) in [5, 5.41) is 0. The number of phosphoric acid groups is 1. The van der Waals surface area contributed by atoms with Crippen LogP contribution in [-0.4, -0.2) is 44.2 Å². The van der Waals surface area contributed by atoms with E-state index in [0.717, 1.165) is 0 Å². The van der Waals surface area contributed by atoms with E-state index < -0.39 is 7.82 Å². The summed E-state index contributed by atoms with van der Waals surface area (Å²) in [6.45, 7) is 0. The third-order valence-corrected chi connectivity index (χ3v) is 0. The molecule has 0 spiro atoms. The molecule has 0 aromatic rings. The molecule has 3 N–H and O–H groups in total. The Morgan fingerprint density at radius 3 is 1.14 bits per heavy atom. The smallest absolute Gasteiger partial charge is 0 e. The molecule has 37 valence electrons. The van der Waals surface area contributed by atoms with Gasteiger partial charge in [0.1, 0.15) is 0 Å². The molecule has 0 aromatic heterocycles. The first-order valence-electron chi connectivity index (χ1n) is 0.783. The van der Waals surface area contributed by atoms with Crippen molar-refractivity contribution in [3.63, 3.8) is 0 Å². The molecular weight excluding hydrogens is 163 g/mol. The van der Waals surface area contributed by atoms with Gasteiger partial charge >= 0.3 is 37.4 Å². The molecule has 0 atom stereocenters. The minimum absolute atomic E-state index is 0. The minimum atomic E-state index is -4.64. The quantitative estimate of drug-likeness (QED) is 0.300. The van der Waals surface area contributed by atoms with Crippen molar-refractivity contribution in [1.29, 1.82) is 0 Å². The SMILES string of the molecule is O=P(O)(O)O.[NaH].[Sc]. The average Bonchev–Trinajstić information content (AvgIpc) is 0.722. The third-order valence-electron chi connectivity index (χ3n) is 0. The van der Waals surface area contributed by atoms with Gasteiger partial charge in [-0.1, -0.05) is 0 Å². The number of rotatable bonds is 0. The van der Waals surface area contributed by atoms with Crippen molar-refractivity contribution in [2.24, 2.45) is 0 Å². The molecule has 0 aliphatic carbocycles. The van der Waals surface area contributed by atoms with E-state index in [1.807, 2.05) is 0 Å². The Hall–Kier alpha value is 1.98. The normalized spacial score (nSPS) is 8.43. The van der Waals surface area contributed by atoms with E-state index in [1.54, 1.807) is 0 Å². The van der Waals surface area contributed by atoms with E-state index in [4.69, 9.17) is 19.2 Å². The fraction of sp³-hybridized carbons (Fsp3) is 0. The topological polar surface area (TPSA) is 77.8 Å². The van der Waals surface area contributed by atoms with Crippen molar-refractivity contribution in [3.8, 4) is 0 Å². The standard InChI is InChI=1S/Na.H3O4P.Sc.H/c;1-5(2,3)4;;/h;(H3,1,2,3,4);;. The largest absolute Gasteiger partial charge is 0 e. The molecule has 0 unspecified atom stereocenters. The van der Waals surface area contributed by atoms with E-state index in [0.29, 0.717) is 0 Å². The van der Waals surface area contributed by atoms with Gasteiger partial charge in [0.25, 0.3) is 0 Å². The second-order valence-electron chi connectivity index (χ2n) is 0.513. The molecule has 0 aliphatic heterocycles. The van der Waals surface area contributed by atoms with Crippen LogP contribution < -0.4 is 0 Å². The summed E-state index contributed by atoms with van der Waals surface area (Å²) in [6, 6.07) is 0. The molecule has 0 saturated heterocycles. The van der Waals surface area contributed by atoms with E-state index in [2.05, 4.69) is 0 Å².